The zero-order valence-electron chi connectivity index (χ0n) is 16.1. The second-order valence-electron chi connectivity index (χ2n) is 5.96. The number of oxime groups is 1. The monoisotopic (exact) mass is 386 g/mol. The smallest absolute Gasteiger partial charge is 0.268 e. The minimum absolute atomic E-state index is 0.300. The van der Waals surface area contributed by atoms with Gasteiger partial charge in [-0.15, -0.1) is 0 Å². The van der Waals surface area contributed by atoms with E-state index in [1.165, 1.54) is 7.11 Å². The third kappa shape index (κ3) is 3.95. The van der Waals surface area contributed by atoms with Gasteiger partial charge in [-0.2, -0.15) is 0 Å². The first-order valence-electron chi connectivity index (χ1n) is 8.57. The molecule has 1 aliphatic heterocycles. The van der Waals surface area contributed by atoms with Crippen molar-refractivity contribution in [1.82, 2.24) is 0 Å². The second-order valence-corrected chi connectivity index (χ2v) is 5.96. The van der Waals surface area contributed by atoms with Gasteiger partial charge < -0.3 is 29.1 Å². The van der Waals surface area contributed by atoms with Crippen molar-refractivity contribution in [2.24, 2.45) is 5.16 Å². The Hall–Kier alpha value is -3.42. The van der Waals surface area contributed by atoms with Gasteiger partial charge in [0.1, 0.15) is 0 Å². The summed E-state index contributed by atoms with van der Waals surface area (Å²) in [6.45, 7) is 0. The molecule has 1 amide bonds. The molecule has 1 N–H and O–H groups in total. The van der Waals surface area contributed by atoms with Crippen LogP contribution in [0.1, 0.15) is 12.0 Å². The molecule has 0 saturated heterocycles. The topological polar surface area (TPSA) is 87.6 Å². The number of hydrogen-bond acceptors (Lipinski definition) is 7. The van der Waals surface area contributed by atoms with Crippen molar-refractivity contribution in [2.75, 3.05) is 33.8 Å². The molecule has 2 aromatic carbocycles. The molecule has 2 aromatic rings. The van der Waals surface area contributed by atoms with Crippen molar-refractivity contribution in [3.05, 3.63) is 42.0 Å². The number of hydrogen-bond donors (Lipinski definition) is 1. The molecule has 148 valence electrons. The lowest BCUT2D eigenvalue weighted by Gasteiger charge is -2.12. The molecule has 0 saturated carbocycles. The van der Waals surface area contributed by atoms with Crippen LogP contribution in [0.15, 0.2) is 41.6 Å². The maximum absolute atomic E-state index is 12.5. The highest BCUT2D eigenvalue weighted by Gasteiger charge is 2.29. The number of nitrogens with one attached hydrogen (secondary N) is 1. The summed E-state index contributed by atoms with van der Waals surface area (Å²) in [5, 5.41) is 6.86. The molecular formula is C20H22N2O6. The van der Waals surface area contributed by atoms with E-state index in [0.29, 0.717) is 40.8 Å². The minimum atomic E-state index is -0.726. The van der Waals surface area contributed by atoms with Crippen molar-refractivity contribution in [1.29, 1.82) is 0 Å². The first kappa shape index (κ1) is 19.3. The normalized spacial score (nSPS) is 15.3. The van der Waals surface area contributed by atoms with Crippen LogP contribution in [-0.4, -0.2) is 46.2 Å². The SMILES string of the molecule is COc1ccc(NC(=O)[C@H]2CC(c3ccc(OC)c(OC)c3)=NO2)cc1OC. The molecule has 1 aliphatic rings. The van der Waals surface area contributed by atoms with E-state index in [4.69, 9.17) is 23.8 Å². The fourth-order valence-electron chi connectivity index (χ4n) is 2.84. The predicted molar refractivity (Wildman–Crippen MR) is 104 cm³/mol. The Kier molecular flexibility index (Phi) is 5.88. The number of ether oxygens (including phenoxy) is 4. The van der Waals surface area contributed by atoms with Crippen molar-refractivity contribution >= 4 is 17.3 Å². The summed E-state index contributed by atoms with van der Waals surface area (Å²) in [4.78, 5) is 17.9. The Balaban J connectivity index is 1.67. The zero-order valence-corrected chi connectivity index (χ0v) is 16.1. The van der Waals surface area contributed by atoms with Crippen LogP contribution < -0.4 is 24.3 Å². The Morgan fingerprint density at radius 1 is 0.929 bits per heavy atom. The van der Waals surface area contributed by atoms with E-state index in [-0.39, 0.29) is 5.91 Å². The standard InChI is InChI=1S/C20H22N2O6/c1-24-15-7-5-12(9-17(15)26-3)14-11-19(28-22-14)20(23)21-13-6-8-16(25-2)18(10-13)27-4/h5-10,19H,11H2,1-4H3,(H,21,23)/t19-/m1/s1. The molecular weight excluding hydrogens is 364 g/mol. The average Bonchev–Trinajstić information content (AvgIpc) is 3.23. The zero-order chi connectivity index (χ0) is 20.1. The third-order valence-corrected chi connectivity index (χ3v) is 4.33. The number of rotatable bonds is 7. The lowest BCUT2D eigenvalue weighted by atomic mass is 10.0. The van der Waals surface area contributed by atoms with Crippen LogP contribution in [0.3, 0.4) is 0 Å². The highest BCUT2D eigenvalue weighted by Crippen LogP contribution is 2.31. The molecule has 0 bridgehead atoms. The number of nitrogens with zero attached hydrogens (tertiary/aromatic N) is 1. The lowest BCUT2D eigenvalue weighted by Crippen LogP contribution is -2.28. The van der Waals surface area contributed by atoms with Crippen LogP contribution in [0.5, 0.6) is 23.0 Å². The molecule has 0 aromatic heterocycles. The molecule has 0 spiro atoms. The molecule has 28 heavy (non-hydrogen) atoms. The summed E-state index contributed by atoms with van der Waals surface area (Å²) < 4.78 is 21.0. The van der Waals surface area contributed by atoms with E-state index in [0.717, 1.165) is 5.56 Å². The second kappa shape index (κ2) is 8.51. The quantitative estimate of drug-likeness (QED) is 0.787. The number of benzene rings is 2. The van der Waals surface area contributed by atoms with E-state index < -0.39 is 6.10 Å². The van der Waals surface area contributed by atoms with Gasteiger partial charge in [-0.1, -0.05) is 5.16 Å². The summed E-state index contributed by atoms with van der Waals surface area (Å²) in [6.07, 6.45) is -0.384. The molecule has 3 rings (SSSR count). The lowest BCUT2D eigenvalue weighted by molar-refractivity contribution is -0.125. The van der Waals surface area contributed by atoms with Gasteiger partial charge in [0, 0.05) is 23.7 Å². The average molecular weight is 386 g/mol. The largest absolute Gasteiger partial charge is 0.493 e. The minimum Gasteiger partial charge on any atom is -0.493 e. The fraction of sp³-hybridized carbons (Fsp3) is 0.300. The van der Waals surface area contributed by atoms with E-state index >= 15 is 0 Å². The number of carbonyl (C=O) groups is 1. The van der Waals surface area contributed by atoms with Gasteiger partial charge >= 0.3 is 0 Å². The van der Waals surface area contributed by atoms with Crippen molar-refractivity contribution in [3.8, 4) is 23.0 Å². The number of anilines is 1. The predicted octanol–water partition coefficient (Wildman–Crippen LogP) is 2.85. The van der Waals surface area contributed by atoms with Gasteiger partial charge in [-0.3, -0.25) is 4.79 Å². The Labute approximate surface area is 163 Å². The molecule has 0 aliphatic carbocycles. The molecule has 0 unspecified atom stereocenters. The number of carbonyl (C=O) groups excluding carboxylic acids is 1. The van der Waals surface area contributed by atoms with Gasteiger partial charge in [-0.05, 0) is 30.3 Å². The van der Waals surface area contributed by atoms with Crippen LogP contribution >= 0.6 is 0 Å². The summed E-state index contributed by atoms with van der Waals surface area (Å²) in [5.74, 6) is 2.01. The Morgan fingerprint density at radius 3 is 2.18 bits per heavy atom. The first-order valence-corrected chi connectivity index (χ1v) is 8.57. The fourth-order valence-corrected chi connectivity index (χ4v) is 2.84. The van der Waals surface area contributed by atoms with Crippen LogP contribution in [0.2, 0.25) is 0 Å². The summed E-state index contributed by atoms with van der Waals surface area (Å²) in [7, 11) is 6.22. The summed E-state index contributed by atoms with van der Waals surface area (Å²) in [5.41, 5.74) is 2.04. The van der Waals surface area contributed by atoms with E-state index in [1.54, 1.807) is 51.7 Å². The van der Waals surface area contributed by atoms with Crippen LogP contribution in [-0.2, 0) is 9.63 Å². The van der Waals surface area contributed by atoms with Crippen LogP contribution in [0, 0.1) is 0 Å². The summed E-state index contributed by atoms with van der Waals surface area (Å²) in [6, 6.07) is 10.6. The van der Waals surface area contributed by atoms with Crippen molar-refractivity contribution < 1.29 is 28.6 Å². The molecule has 0 fully saturated rings. The Bertz CT molecular complexity index is 896. The highest BCUT2D eigenvalue weighted by atomic mass is 16.6. The highest BCUT2D eigenvalue weighted by molar-refractivity contribution is 6.06. The van der Waals surface area contributed by atoms with E-state index in [9.17, 15) is 4.79 Å². The van der Waals surface area contributed by atoms with E-state index in [1.807, 2.05) is 6.07 Å². The third-order valence-electron chi connectivity index (χ3n) is 4.33. The van der Waals surface area contributed by atoms with Crippen LogP contribution in [0.4, 0.5) is 5.69 Å². The van der Waals surface area contributed by atoms with Crippen molar-refractivity contribution in [3.63, 3.8) is 0 Å². The molecule has 8 heteroatoms. The van der Waals surface area contributed by atoms with Crippen molar-refractivity contribution in [2.45, 2.75) is 12.5 Å². The van der Waals surface area contributed by atoms with Gasteiger partial charge in [-0.25, -0.2) is 0 Å². The molecule has 1 heterocycles. The maximum Gasteiger partial charge on any atom is 0.268 e. The van der Waals surface area contributed by atoms with Gasteiger partial charge in [0.2, 0.25) is 6.10 Å². The van der Waals surface area contributed by atoms with E-state index in [2.05, 4.69) is 10.5 Å². The molecule has 1 atom stereocenters. The Morgan fingerprint density at radius 2 is 1.54 bits per heavy atom. The summed E-state index contributed by atoms with van der Waals surface area (Å²) >= 11 is 0. The van der Waals surface area contributed by atoms with Gasteiger partial charge in [0.05, 0.1) is 34.2 Å². The molecule has 8 nitrogen and oxygen atoms in total. The number of amides is 1. The van der Waals surface area contributed by atoms with Crippen LogP contribution in [0.25, 0.3) is 0 Å². The first-order chi connectivity index (χ1) is 13.6. The number of methoxy groups -OCH3 is 4. The maximum atomic E-state index is 12.5. The van der Waals surface area contributed by atoms with Gasteiger partial charge in [0.25, 0.3) is 5.91 Å². The molecule has 0 radical (unpaired) electrons. The van der Waals surface area contributed by atoms with Gasteiger partial charge in [0.15, 0.2) is 23.0 Å².